The fourth-order valence-corrected chi connectivity index (χ4v) is 1.64. The molecule has 0 aliphatic rings. The quantitative estimate of drug-likeness (QED) is 0.856. The Balaban J connectivity index is 1.98. The number of benzene rings is 1. The van der Waals surface area contributed by atoms with Crippen molar-refractivity contribution in [2.75, 3.05) is 0 Å². The normalized spacial score (nSPS) is 12.6. The van der Waals surface area contributed by atoms with E-state index in [0.717, 1.165) is 11.8 Å². The molecule has 2 aromatic rings. The highest BCUT2D eigenvalue weighted by Gasteiger charge is 2.07. The summed E-state index contributed by atoms with van der Waals surface area (Å²) in [6.07, 6.45) is 1.61. The number of furan rings is 1. The van der Waals surface area contributed by atoms with Crippen molar-refractivity contribution < 1.29 is 13.9 Å². The largest absolute Gasteiger partial charge is 0.508 e. The first-order valence-electron chi connectivity index (χ1n) is 5.40. The standard InChI is InChI=1S/C13H14FNO2/c1-9(13-3-2-4-17-13)15-8-10-5-11(14)7-12(16)6-10/h2-7,9,15-16H,8H2,1H3. The zero-order chi connectivity index (χ0) is 12.3. The van der Waals surface area contributed by atoms with E-state index < -0.39 is 5.82 Å². The van der Waals surface area contributed by atoms with Crippen LogP contribution in [-0.4, -0.2) is 5.11 Å². The third kappa shape index (κ3) is 3.07. The van der Waals surface area contributed by atoms with Crippen LogP contribution in [0.25, 0.3) is 0 Å². The van der Waals surface area contributed by atoms with Crippen molar-refractivity contribution in [2.45, 2.75) is 19.5 Å². The summed E-state index contributed by atoms with van der Waals surface area (Å²) < 4.78 is 18.3. The SMILES string of the molecule is CC(NCc1cc(O)cc(F)c1)c1ccco1. The third-order valence-electron chi connectivity index (χ3n) is 2.52. The summed E-state index contributed by atoms with van der Waals surface area (Å²) in [5, 5.41) is 12.4. The number of rotatable bonds is 4. The van der Waals surface area contributed by atoms with Gasteiger partial charge in [0.1, 0.15) is 17.3 Å². The highest BCUT2D eigenvalue weighted by molar-refractivity contribution is 5.28. The van der Waals surface area contributed by atoms with Gasteiger partial charge in [-0.2, -0.15) is 0 Å². The van der Waals surface area contributed by atoms with E-state index in [0.29, 0.717) is 12.1 Å². The van der Waals surface area contributed by atoms with E-state index in [1.165, 1.54) is 12.1 Å². The third-order valence-corrected chi connectivity index (χ3v) is 2.52. The second-order valence-electron chi connectivity index (χ2n) is 3.94. The van der Waals surface area contributed by atoms with Crippen molar-refractivity contribution in [1.29, 1.82) is 0 Å². The van der Waals surface area contributed by atoms with Gasteiger partial charge in [-0.25, -0.2) is 4.39 Å². The molecule has 3 nitrogen and oxygen atoms in total. The van der Waals surface area contributed by atoms with Crippen molar-refractivity contribution in [3.05, 3.63) is 53.7 Å². The Hall–Kier alpha value is -1.81. The predicted octanol–water partition coefficient (Wildman–Crippen LogP) is 2.98. The molecule has 1 unspecified atom stereocenters. The van der Waals surface area contributed by atoms with E-state index in [2.05, 4.69) is 5.32 Å². The highest BCUT2D eigenvalue weighted by Crippen LogP contribution is 2.17. The van der Waals surface area contributed by atoms with Crippen molar-refractivity contribution in [2.24, 2.45) is 0 Å². The van der Waals surface area contributed by atoms with Gasteiger partial charge in [0.15, 0.2) is 0 Å². The van der Waals surface area contributed by atoms with Gasteiger partial charge in [0.2, 0.25) is 0 Å². The van der Waals surface area contributed by atoms with Gasteiger partial charge in [-0.1, -0.05) is 0 Å². The summed E-state index contributed by atoms with van der Waals surface area (Å²) in [5.74, 6) is 0.325. The average molecular weight is 235 g/mol. The molecule has 2 rings (SSSR count). The summed E-state index contributed by atoms with van der Waals surface area (Å²) in [7, 11) is 0. The van der Waals surface area contributed by atoms with Crippen LogP contribution in [0.3, 0.4) is 0 Å². The smallest absolute Gasteiger partial charge is 0.127 e. The van der Waals surface area contributed by atoms with E-state index >= 15 is 0 Å². The van der Waals surface area contributed by atoms with Crippen LogP contribution < -0.4 is 5.32 Å². The molecule has 0 fully saturated rings. The number of nitrogens with one attached hydrogen (secondary N) is 1. The van der Waals surface area contributed by atoms with Gasteiger partial charge in [0.25, 0.3) is 0 Å². The number of phenolic OH excluding ortho intramolecular Hbond substituents is 1. The van der Waals surface area contributed by atoms with Gasteiger partial charge in [-0.05, 0) is 36.8 Å². The molecule has 0 aliphatic heterocycles. The molecule has 0 aliphatic carbocycles. The zero-order valence-electron chi connectivity index (χ0n) is 9.48. The lowest BCUT2D eigenvalue weighted by Gasteiger charge is -2.11. The van der Waals surface area contributed by atoms with Crippen molar-refractivity contribution >= 4 is 0 Å². The van der Waals surface area contributed by atoms with Crippen LogP contribution in [0, 0.1) is 5.82 Å². The molecule has 0 bridgehead atoms. The Morgan fingerprint density at radius 1 is 1.41 bits per heavy atom. The number of halogens is 1. The van der Waals surface area contributed by atoms with Crippen LogP contribution in [0.15, 0.2) is 41.0 Å². The molecule has 0 saturated heterocycles. The zero-order valence-corrected chi connectivity index (χ0v) is 9.48. The topological polar surface area (TPSA) is 45.4 Å². The van der Waals surface area contributed by atoms with Crippen LogP contribution in [-0.2, 0) is 6.54 Å². The highest BCUT2D eigenvalue weighted by atomic mass is 19.1. The second-order valence-corrected chi connectivity index (χ2v) is 3.94. The van der Waals surface area contributed by atoms with Crippen LogP contribution in [0.5, 0.6) is 5.75 Å². The molecule has 0 radical (unpaired) electrons. The molecule has 90 valence electrons. The van der Waals surface area contributed by atoms with Gasteiger partial charge in [0, 0.05) is 12.6 Å². The Labute approximate surface area is 98.9 Å². The summed E-state index contributed by atoms with van der Waals surface area (Å²) >= 11 is 0. The molecule has 17 heavy (non-hydrogen) atoms. The fraction of sp³-hybridized carbons (Fsp3) is 0.231. The van der Waals surface area contributed by atoms with Crippen molar-refractivity contribution in [3.63, 3.8) is 0 Å². The fourth-order valence-electron chi connectivity index (χ4n) is 1.64. The lowest BCUT2D eigenvalue weighted by Crippen LogP contribution is -2.17. The minimum atomic E-state index is -0.438. The molecule has 0 spiro atoms. The van der Waals surface area contributed by atoms with Crippen LogP contribution in [0.2, 0.25) is 0 Å². The first-order valence-corrected chi connectivity index (χ1v) is 5.40. The molecule has 0 saturated carbocycles. The Morgan fingerprint density at radius 3 is 2.88 bits per heavy atom. The molecule has 1 heterocycles. The molecule has 4 heteroatoms. The molecular weight excluding hydrogens is 221 g/mol. The summed E-state index contributed by atoms with van der Waals surface area (Å²) in [5.41, 5.74) is 0.695. The van der Waals surface area contributed by atoms with E-state index in [9.17, 15) is 9.50 Å². The molecular formula is C13H14FNO2. The monoisotopic (exact) mass is 235 g/mol. The molecule has 1 aromatic heterocycles. The number of hydrogen-bond donors (Lipinski definition) is 2. The predicted molar refractivity (Wildman–Crippen MR) is 62.0 cm³/mol. The molecule has 0 amide bonds. The van der Waals surface area contributed by atoms with Gasteiger partial charge in [-0.15, -0.1) is 0 Å². The first kappa shape index (κ1) is 11.7. The average Bonchev–Trinajstić information content (AvgIpc) is 2.78. The summed E-state index contributed by atoms with van der Waals surface area (Å²) in [6, 6.07) is 7.74. The minimum absolute atomic E-state index is 0.0374. The number of aromatic hydroxyl groups is 1. The number of hydrogen-bond acceptors (Lipinski definition) is 3. The number of phenols is 1. The molecule has 1 atom stereocenters. The lowest BCUT2D eigenvalue weighted by atomic mass is 10.2. The Morgan fingerprint density at radius 2 is 2.24 bits per heavy atom. The van der Waals surface area contributed by atoms with E-state index in [1.807, 2.05) is 19.1 Å². The Kier molecular flexibility index (Phi) is 3.44. The molecule has 2 N–H and O–H groups in total. The maximum absolute atomic E-state index is 13.0. The first-order chi connectivity index (χ1) is 8.15. The summed E-state index contributed by atoms with van der Waals surface area (Å²) in [4.78, 5) is 0. The maximum Gasteiger partial charge on any atom is 0.127 e. The van der Waals surface area contributed by atoms with Crippen molar-refractivity contribution in [1.82, 2.24) is 5.32 Å². The van der Waals surface area contributed by atoms with E-state index in [1.54, 1.807) is 6.26 Å². The van der Waals surface area contributed by atoms with Crippen LogP contribution in [0.1, 0.15) is 24.3 Å². The van der Waals surface area contributed by atoms with E-state index in [-0.39, 0.29) is 11.8 Å². The van der Waals surface area contributed by atoms with Crippen LogP contribution >= 0.6 is 0 Å². The molecule has 1 aromatic carbocycles. The minimum Gasteiger partial charge on any atom is -0.508 e. The van der Waals surface area contributed by atoms with E-state index in [4.69, 9.17) is 4.42 Å². The van der Waals surface area contributed by atoms with Gasteiger partial charge in [0.05, 0.1) is 12.3 Å². The van der Waals surface area contributed by atoms with Crippen molar-refractivity contribution in [3.8, 4) is 5.75 Å². The maximum atomic E-state index is 13.0. The van der Waals surface area contributed by atoms with Gasteiger partial charge < -0.3 is 14.8 Å². The summed E-state index contributed by atoms with van der Waals surface area (Å²) in [6.45, 7) is 2.42. The lowest BCUT2D eigenvalue weighted by molar-refractivity contribution is 0.428. The second kappa shape index (κ2) is 5.01. The van der Waals surface area contributed by atoms with Gasteiger partial charge in [-0.3, -0.25) is 0 Å². The van der Waals surface area contributed by atoms with Crippen LogP contribution in [0.4, 0.5) is 4.39 Å². The Bertz CT molecular complexity index is 462. The van der Waals surface area contributed by atoms with Gasteiger partial charge >= 0.3 is 0 Å².